The Balaban J connectivity index is 2.32. The molecule has 0 heterocycles. The van der Waals surface area contributed by atoms with Crippen molar-refractivity contribution in [1.82, 2.24) is 10.2 Å². The van der Waals surface area contributed by atoms with Crippen molar-refractivity contribution in [2.75, 3.05) is 26.7 Å². The fourth-order valence-electron chi connectivity index (χ4n) is 1.57. The Kier molecular flexibility index (Phi) is 6.96. The lowest BCUT2D eigenvalue weighted by Crippen LogP contribution is -2.46. The van der Waals surface area contributed by atoms with Crippen LogP contribution in [0.25, 0.3) is 0 Å². The minimum absolute atomic E-state index is 0.301. The Morgan fingerprint density at radius 2 is 1.95 bits per heavy atom. The van der Waals surface area contributed by atoms with Crippen molar-refractivity contribution in [3.63, 3.8) is 0 Å². The van der Waals surface area contributed by atoms with E-state index in [0.29, 0.717) is 23.9 Å². The van der Waals surface area contributed by atoms with Crippen LogP contribution >= 0.6 is 11.6 Å². The smallest absolute Gasteiger partial charge is 0.405 e. The van der Waals surface area contributed by atoms with E-state index in [1.54, 1.807) is 36.2 Å². The molecule has 1 aromatic carbocycles. The van der Waals surface area contributed by atoms with E-state index in [2.05, 4.69) is 0 Å². The van der Waals surface area contributed by atoms with E-state index in [1.807, 2.05) is 5.32 Å². The largest absolute Gasteiger partial charge is 0.492 e. The molecule has 0 radical (unpaired) electrons. The lowest BCUT2D eigenvalue weighted by molar-refractivity contribution is -0.141. The highest BCUT2D eigenvalue weighted by Gasteiger charge is 2.29. The Labute approximate surface area is 132 Å². The van der Waals surface area contributed by atoms with Crippen molar-refractivity contribution < 1.29 is 22.7 Å². The molecule has 1 N–H and O–H groups in total. The lowest BCUT2D eigenvalue weighted by Gasteiger charge is -2.24. The number of nitrogens with one attached hydrogen (secondary N) is 1. The molecule has 4 nitrogen and oxygen atoms in total. The number of hydrogen-bond donors (Lipinski definition) is 1. The van der Waals surface area contributed by atoms with Crippen LogP contribution in [-0.4, -0.2) is 49.8 Å². The van der Waals surface area contributed by atoms with Gasteiger partial charge in [0.2, 0.25) is 5.91 Å². The molecule has 1 rings (SSSR count). The van der Waals surface area contributed by atoms with Gasteiger partial charge in [-0.15, -0.1) is 0 Å². The highest BCUT2D eigenvalue weighted by molar-refractivity contribution is 6.30. The number of alkyl halides is 3. The number of nitrogens with zero attached hydrogens (tertiary/aromatic N) is 1. The van der Waals surface area contributed by atoms with Gasteiger partial charge in [0.15, 0.2) is 0 Å². The summed E-state index contributed by atoms with van der Waals surface area (Å²) >= 11 is 5.75. The molecular weight excluding hydrogens is 321 g/mol. The first-order valence-electron chi connectivity index (χ1n) is 6.62. The Morgan fingerprint density at radius 1 is 1.36 bits per heavy atom. The highest BCUT2D eigenvalue weighted by atomic mass is 35.5. The van der Waals surface area contributed by atoms with Gasteiger partial charge in [-0.25, -0.2) is 0 Å². The average Bonchev–Trinajstić information content (AvgIpc) is 2.45. The summed E-state index contributed by atoms with van der Waals surface area (Å²) in [5.74, 6) is -0.0432. The summed E-state index contributed by atoms with van der Waals surface area (Å²) in [6.45, 7) is 0.900. The van der Waals surface area contributed by atoms with Crippen LogP contribution in [0, 0.1) is 0 Å². The molecule has 8 heteroatoms. The monoisotopic (exact) mass is 338 g/mol. The number of ether oxygens (including phenoxy) is 1. The SMILES string of the molecule is CC(C(=O)NCC(F)(F)F)N(C)CCOc1ccc(Cl)cc1. The van der Waals surface area contributed by atoms with Gasteiger partial charge in [-0.2, -0.15) is 13.2 Å². The van der Waals surface area contributed by atoms with Crippen molar-refractivity contribution in [3.05, 3.63) is 29.3 Å². The predicted molar refractivity (Wildman–Crippen MR) is 78.1 cm³/mol. The molecule has 1 unspecified atom stereocenters. The third kappa shape index (κ3) is 7.00. The third-order valence-corrected chi connectivity index (χ3v) is 3.28. The van der Waals surface area contributed by atoms with Crippen molar-refractivity contribution in [2.24, 2.45) is 0 Å². The second-order valence-corrected chi connectivity index (χ2v) is 5.23. The van der Waals surface area contributed by atoms with E-state index < -0.39 is 24.7 Å². The fourth-order valence-corrected chi connectivity index (χ4v) is 1.69. The third-order valence-electron chi connectivity index (χ3n) is 3.03. The predicted octanol–water partition coefficient (Wildman–Crippen LogP) is 2.72. The highest BCUT2D eigenvalue weighted by Crippen LogP contribution is 2.15. The van der Waals surface area contributed by atoms with Gasteiger partial charge in [0.1, 0.15) is 18.9 Å². The van der Waals surface area contributed by atoms with Crippen molar-refractivity contribution in [1.29, 1.82) is 0 Å². The van der Waals surface area contributed by atoms with Gasteiger partial charge in [0.05, 0.1) is 6.04 Å². The van der Waals surface area contributed by atoms with Crippen LogP contribution < -0.4 is 10.1 Å². The molecule has 22 heavy (non-hydrogen) atoms. The van der Waals surface area contributed by atoms with Crippen molar-refractivity contribution in [3.8, 4) is 5.75 Å². The Hall–Kier alpha value is -1.47. The van der Waals surface area contributed by atoms with Gasteiger partial charge in [-0.3, -0.25) is 9.69 Å². The first-order chi connectivity index (χ1) is 10.2. The van der Waals surface area contributed by atoms with Crippen LogP contribution in [0.3, 0.4) is 0 Å². The minimum Gasteiger partial charge on any atom is -0.492 e. The molecule has 0 aromatic heterocycles. The minimum atomic E-state index is -4.41. The molecule has 0 saturated heterocycles. The molecule has 1 amide bonds. The van der Waals surface area contributed by atoms with Crippen LogP contribution in [0.4, 0.5) is 13.2 Å². The summed E-state index contributed by atoms with van der Waals surface area (Å²) in [5.41, 5.74) is 0. The van der Waals surface area contributed by atoms with Crippen LogP contribution in [0.15, 0.2) is 24.3 Å². The Morgan fingerprint density at radius 3 is 2.50 bits per heavy atom. The summed E-state index contributed by atoms with van der Waals surface area (Å²) in [6, 6.07) is 6.11. The maximum Gasteiger partial charge on any atom is 0.405 e. The molecule has 0 spiro atoms. The molecule has 0 bridgehead atoms. The van der Waals surface area contributed by atoms with Crippen LogP contribution in [-0.2, 0) is 4.79 Å². The van der Waals surface area contributed by atoms with E-state index in [4.69, 9.17) is 16.3 Å². The first kappa shape index (κ1) is 18.6. The van der Waals surface area contributed by atoms with Gasteiger partial charge in [-0.05, 0) is 38.2 Å². The zero-order valence-electron chi connectivity index (χ0n) is 12.3. The second-order valence-electron chi connectivity index (χ2n) is 4.79. The number of carbonyl (C=O) groups excluding carboxylic acids is 1. The molecule has 0 aliphatic heterocycles. The number of halogens is 4. The summed E-state index contributed by atoms with van der Waals surface area (Å²) in [5, 5.41) is 2.45. The van der Waals surface area contributed by atoms with E-state index >= 15 is 0 Å². The standard InChI is InChI=1S/C14H18ClF3N2O2/c1-10(13(21)19-9-14(16,17)18)20(2)7-8-22-12-5-3-11(15)4-6-12/h3-6,10H,7-9H2,1-2H3,(H,19,21). The normalized spacial score (nSPS) is 13.0. The quantitative estimate of drug-likeness (QED) is 0.831. The molecule has 1 aromatic rings. The number of carbonyl (C=O) groups is 1. The number of benzene rings is 1. The maximum atomic E-state index is 12.0. The Bertz CT molecular complexity index is 480. The maximum absolute atomic E-state index is 12.0. The molecule has 0 aliphatic rings. The van der Waals surface area contributed by atoms with Gasteiger partial charge >= 0.3 is 6.18 Å². The summed E-state index contributed by atoms with van der Waals surface area (Å²) in [7, 11) is 1.64. The summed E-state index contributed by atoms with van der Waals surface area (Å²) in [4.78, 5) is 13.2. The summed E-state index contributed by atoms with van der Waals surface area (Å²) < 4.78 is 41.6. The second kappa shape index (κ2) is 8.24. The van der Waals surface area contributed by atoms with Crippen molar-refractivity contribution >= 4 is 17.5 Å². The van der Waals surface area contributed by atoms with E-state index in [-0.39, 0.29) is 0 Å². The van der Waals surface area contributed by atoms with E-state index in [9.17, 15) is 18.0 Å². The molecular formula is C14H18ClF3N2O2. The molecule has 0 aliphatic carbocycles. The molecule has 0 fully saturated rings. The van der Waals surface area contributed by atoms with Crippen LogP contribution in [0.1, 0.15) is 6.92 Å². The van der Waals surface area contributed by atoms with Gasteiger partial charge < -0.3 is 10.1 Å². The number of amides is 1. The number of likely N-dealkylation sites (N-methyl/N-ethyl adjacent to an activating group) is 1. The van der Waals surface area contributed by atoms with Crippen LogP contribution in [0.5, 0.6) is 5.75 Å². The molecule has 0 saturated carbocycles. The van der Waals surface area contributed by atoms with Gasteiger partial charge in [-0.1, -0.05) is 11.6 Å². The van der Waals surface area contributed by atoms with Crippen LogP contribution in [0.2, 0.25) is 5.02 Å². The van der Waals surface area contributed by atoms with E-state index in [1.165, 1.54) is 6.92 Å². The number of rotatable bonds is 7. The van der Waals surface area contributed by atoms with Gasteiger partial charge in [0.25, 0.3) is 0 Å². The number of hydrogen-bond acceptors (Lipinski definition) is 3. The van der Waals surface area contributed by atoms with Gasteiger partial charge in [0, 0.05) is 11.6 Å². The summed E-state index contributed by atoms with van der Waals surface area (Å²) in [6.07, 6.45) is -4.41. The topological polar surface area (TPSA) is 41.6 Å². The molecule has 1 atom stereocenters. The fraction of sp³-hybridized carbons (Fsp3) is 0.500. The zero-order valence-corrected chi connectivity index (χ0v) is 13.0. The average molecular weight is 339 g/mol. The molecule has 124 valence electrons. The lowest BCUT2D eigenvalue weighted by atomic mass is 10.2. The van der Waals surface area contributed by atoms with E-state index in [0.717, 1.165) is 0 Å². The first-order valence-corrected chi connectivity index (χ1v) is 7.00. The zero-order chi connectivity index (χ0) is 16.8. The van der Waals surface area contributed by atoms with Crippen molar-refractivity contribution in [2.45, 2.75) is 19.1 Å².